The first kappa shape index (κ1) is 16.5. The lowest BCUT2D eigenvalue weighted by Gasteiger charge is -2.15. The van der Waals surface area contributed by atoms with Gasteiger partial charge in [0.05, 0.1) is 23.9 Å². The number of nitrogens with one attached hydrogen (secondary N) is 1. The summed E-state index contributed by atoms with van der Waals surface area (Å²) >= 11 is 0. The summed E-state index contributed by atoms with van der Waals surface area (Å²) < 4.78 is 5.34. The molecule has 0 saturated heterocycles. The lowest BCUT2D eigenvalue weighted by atomic mass is 10.0. The van der Waals surface area contributed by atoms with Crippen LogP contribution in [0.15, 0.2) is 36.5 Å². The highest BCUT2D eigenvalue weighted by Gasteiger charge is 2.33. The molecule has 26 heavy (non-hydrogen) atoms. The van der Waals surface area contributed by atoms with Gasteiger partial charge in [-0.15, -0.1) is 0 Å². The minimum absolute atomic E-state index is 0.0272. The molecule has 0 fully saturated rings. The predicted octanol–water partition coefficient (Wildman–Crippen LogP) is 2.82. The maximum Gasteiger partial charge on any atom is 0.199 e. The molecule has 1 aromatic carbocycles. The molecular formula is C20H20N4O2. The number of hydrogen-bond acceptors (Lipinski definition) is 6. The summed E-state index contributed by atoms with van der Waals surface area (Å²) in [6.07, 6.45) is 1.72. The molecule has 6 heteroatoms. The van der Waals surface area contributed by atoms with Crippen LogP contribution in [0.2, 0.25) is 0 Å². The number of methoxy groups -OCH3 is 1. The maximum absolute atomic E-state index is 13.0. The van der Waals surface area contributed by atoms with Crippen LogP contribution < -0.4 is 10.1 Å². The monoisotopic (exact) mass is 348 g/mol. The van der Waals surface area contributed by atoms with Crippen LogP contribution >= 0.6 is 0 Å². The topological polar surface area (TPSA) is 67.3 Å². The number of likely N-dealkylation sites (N-methyl/N-ethyl adjacent to an activating group) is 1. The number of aromatic nitrogens is 2. The molecule has 2 heterocycles. The highest BCUT2D eigenvalue weighted by Crippen LogP contribution is 2.43. The van der Waals surface area contributed by atoms with Crippen molar-refractivity contribution in [2.45, 2.75) is 0 Å². The van der Waals surface area contributed by atoms with Crippen LogP contribution in [-0.4, -0.2) is 54.9 Å². The average Bonchev–Trinajstić information content (AvgIpc) is 2.95. The Hall–Kier alpha value is -2.99. The van der Waals surface area contributed by atoms with Gasteiger partial charge in [-0.05, 0) is 38.4 Å². The Kier molecular flexibility index (Phi) is 4.05. The Morgan fingerprint density at radius 1 is 1.19 bits per heavy atom. The summed E-state index contributed by atoms with van der Waals surface area (Å²) in [5.41, 5.74) is 3.59. The summed E-state index contributed by atoms with van der Waals surface area (Å²) in [5, 5.41) is 4.24. The fraction of sp³-hybridized carbons (Fsp3) is 0.250. The van der Waals surface area contributed by atoms with E-state index in [9.17, 15) is 4.79 Å². The highest BCUT2D eigenvalue weighted by molar-refractivity contribution is 6.27. The first-order chi connectivity index (χ1) is 12.6. The Morgan fingerprint density at radius 3 is 2.81 bits per heavy atom. The Morgan fingerprint density at radius 2 is 2.04 bits per heavy atom. The van der Waals surface area contributed by atoms with Crippen molar-refractivity contribution in [3.63, 3.8) is 0 Å². The van der Waals surface area contributed by atoms with Crippen molar-refractivity contribution < 1.29 is 9.53 Å². The van der Waals surface area contributed by atoms with Crippen molar-refractivity contribution in [1.82, 2.24) is 14.9 Å². The number of benzene rings is 1. The van der Waals surface area contributed by atoms with Crippen molar-refractivity contribution in [2.24, 2.45) is 0 Å². The molecule has 4 rings (SSSR count). The molecule has 0 spiro atoms. The summed E-state index contributed by atoms with van der Waals surface area (Å²) in [4.78, 5) is 24.3. The minimum Gasteiger partial charge on any atom is -0.497 e. The Balaban J connectivity index is 1.94. The van der Waals surface area contributed by atoms with Gasteiger partial charge in [0.25, 0.3) is 0 Å². The van der Waals surface area contributed by atoms with Gasteiger partial charge in [0, 0.05) is 41.9 Å². The maximum atomic E-state index is 13.0. The number of fused-ring (bicyclic) bond motifs is 5. The zero-order chi connectivity index (χ0) is 18.3. The summed E-state index contributed by atoms with van der Waals surface area (Å²) in [6.45, 7) is 1.53. The van der Waals surface area contributed by atoms with E-state index in [4.69, 9.17) is 9.72 Å². The lowest BCUT2D eigenvalue weighted by molar-refractivity contribution is 0.104. The molecule has 1 aliphatic carbocycles. The zero-order valence-corrected chi connectivity index (χ0v) is 15.0. The number of anilines is 1. The van der Waals surface area contributed by atoms with E-state index < -0.39 is 0 Å². The molecular weight excluding hydrogens is 328 g/mol. The van der Waals surface area contributed by atoms with Gasteiger partial charge in [0.1, 0.15) is 11.6 Å². The third-order valence-corrected chi connectivity index (χ3v) is 4.56. The SMILES string of the molecule is COc1ccc2c3c(c(NCCN(C)C)nc2c1)C(=O)c1cccnc1-3. The highest BCUT2D eigenvalue weighted by atomic mass is 16.5. The fourth-order valence-corrected chi connectivity index (χ4v) is 3.29. The predicted molar refractivity (Wildman–Crippen MR) is 102 cm³/mol. The Bertz CT molecular complexity index is 1010. The van der Waals surface area contributed by atoms with Gasteiger partial charge in [-0.1, -0.05) is 0 Å². The van der Waals surface area contributed by atoms with E-state index >= 15 is 0 Å². The van der Waals surface area contributed by atoms with Gasteiger partial charge in [0.15, 0.2) is 5.78 Å². The van der Waals surface area contributed by atoms with E-state index in [2.05, 4.69) is 15.2 Å². The van der Waals surface area contributed by atoms with Gasteiger partial charge in [0.2, 0.25) is 0 Å². The first-order valence-electron chi connectivity index (χ1n) is 8.50. The number of carbonyl (C=O) groups excluding carboxylic acids is 1. The van der Waals surface area contributed by atoms with E-state index in [1.807, 2.05) is 38.4 Å². The second kappa shape index (κ2) is 6.38. The summed E-state index contributed by atoms with van der Waals surface area (Å²) in [7, 11) is 5.65. The molecule has 0 amide bonds. The third kappa shape index (κ3) is 2.59. The number of ether oxygens (including phenoxy) is 1. The lowest BCUT2D eigenvalue weighted by Crippen LogP contribution is -2.22. The van der Waals surface area contributed by atoms with Crippen molar-refractivity contribution in [2.75, 3.05) is 39.6 Å². The number of carbonyl (C=O) groups is 1. The van der Waals surface area contributed by atoms with E-state index in [0.29, 0.717) is 23.5 Å². The van der Waals surface area contributed by atoms with E-state index in [-0.39, 0.29) is 5.78 Å². The van der Waals surface area contributed by atoms with Crippen molar-refractivity contribution in [3.05, 3.63) is 47.7 Å². The Labute approximate surface area is 151 Å². The van der Waals surface area contributed by atoms with Crippen molar-refractivity contribution >= 4 is 22.5 Å². The second-order valence-electron chi connectivity index (χ2n) is 6.55. The van der Waals surface area contributed by atoms with Crippen LogP contribution in [-0.2, 0) is 0 Å². The molecule has 2 aromatic heterocycles. The van der Waals surface area contributed by atoms with Crippen LogP contribution in [0.25, 0.3) is 22.2 Å². The standard InChI is InChI=1S/C20H20N4O2/c1-24(2)10-9-22-20-17-16(18-14(19(17)25)5-4-8-21-18)13-7-6-12(26-3)11-15(13)23-20/h4-8,11H,9-10H2,1-3H3,(H,22,23). The smallest absolute Gasteiger partial charge is 0.199 e. The molecule has 0 saturated carbocycles. The molecule has 0 bridgehead atoms. The average molecular weight is 348 g/mol. The summed E-state index contributed by atoms with van der Waals surface area (Å²) in [5.74, 6) is 1.31. The number of nitrogens with zero attached hydrogens (tertiary/aromatic N) is 3. The van der Waals surface area contributed by atoms with E-state index in [1.165, 1.54) is 0 Å². The van der Waals surface area contributed by atoms with Gasteiger partial charge in [-0.25, -0.2) is 4.98 Å². The molecule has 6 nitrogen and oxygen atoms in total. The molecule has 1 aliphatic rings. The fourth-order valence-electron chi connectivity index (χ4n) is 3.29. The zero-order valence-electron chi connectivity index (χ0n) is 15.0. The molecule has 1 N–H and O–H groups in total. The van der Waals surface area contributed by atoms with E-state index in [0.717, 1.165) is 34.5 Å². The van der Waals surface area contributed by atoms with Crippen LogP contribution in [0.1, 0.15) is 15.9 Å². The molecule has 0 unspecified atom stereocenters. The van der Waals surface area contributed by atoms with Gasteiger partial charge in [-0.2, -0.15) is 0 Å². The van der Waals surface area contributed by atoms with Gasteiger partial charge < -0.3 is 15.0 Å². The number of hydrogen-bond donors (Lipinski definition) is 1. The van der Waals surface area contributed by atoms with Crippen molar-refractivity contribution in [3.8, 4) is 17.0 Å². The van der Waals surface area contributed by atoms with Crippen molar-refractivity contribution in [1.29, 1.82) is 0 Å². The molecule has 3 aromatic rings. The van der Waals surface area contributed by atoms with Gasteiger partial charge >= 0.3 is 0 Å². The summed E-state index contributed by atoms with van der Waals surface area (Å²) in [6, 6.07) is 9.33. The second-order valence-corrected chi connectivity index (χ2v) is 6.55. The minimum atomic E-state index is -0.0272. The normalized spacial score (nSPS) is 12.4. The van der Waals surface area contributed by atoms with Crippen LogP contribution in [0.5, 0.6) is 5.75 Å². The number of ketones is 1. The molecule has 132 valence electrons. The number of rotatable bonds is 5. The molecule has 0 radical (unpaired) electrons. The quantitative estimate of drug-likeness (QED) is 0.598. The molecule has 0 atom stereocenters. The largest absolute Gasteiger partial charge is 0.497 e. The van der Waals surface area contributed by atoms with Crippen LogP contribution in [0.3, 0.4) is 0 Å². The third-order valence-electron chi connectivity index (χ3n) is 4.56. The van der Waals surface area contributed by atoms with Crippen LogP contribution in [0.4, 0.5) is 5.82 Å². The molecule has 0 aliphatic heterocycles. The van der Waals surface area contributed by atoms with Crippen LogP contribution in [0, 0.1) is 0 Å². The van der Waals surface area contributed by atoms with E-state index in [1.54, 1.807) is 19.4 Å². The first-order valence-corrected chi connectivity index (χ1v) is 8.50. The number of pyridine rings is 2. The van der Waals surface area contributed by atoms with Gasteiger partial charge in [-0.3, -0.25) is 9.78 Å².